The van der Waals surface area contributed by atoms with Gasteiger partial charge in [-0.15, -0.1) is 0 Å². The number of rotatable bonds is 9. The van der Waals surface area contributed by atoms with E-state index in [4.69, 9.17) is 4.74 Å². The molecule has 1 saturated carbocycles. The predicted octanol–water partition coefficient (Wildman–Crippen LogP) is 8.37. The third kappa shape index (κ3) is 7.17. The first-order valence-electron chi connectivity index (χ1n) is 11.0. The maximum absolute atomic E-state index is 14.3. The smallest absolute Gasteiger partial charge is 0.419 e. The molecule has 0 spiro atoms. The molecule has 3 rings (SSSR count). The highest BCUT2D eigenvalue weighted by Crippen LogP contribution is 2.34. The van der Waals surface area contributed by atoms with Gasteiger partial charge in [0, 0.05) is 6.08 Å². The predicted molar refractivity (Wildman–Crippen MR) is 113 cm³/mol. The van der Waals surface area contributed by atoms with Gasteiger partial charge < -0.3 is 9.47 Å². The molecule has 2 nitrogen and oxygen atoms in total. The van der Waals surface area contributed by atoms with Crippen molar-refractivity contribution < 1.29 is 35.8 Å². The van der Waals surface area contributed by atoms with E-state index in [2.05, 4.69) is 11.7 Å². The van der Waals surface area contributed by atoms with E-state index in [-0.39, 0.29) is 22.8 Å². The summed E-state index contributed by atoms with van der Waals surface area (Å²) in [5.74, 6) is -3.11. The van der Waals surface area contributed by atoms with Gasteiger partial charge in [-0.05, 0) is 72.9 Å². The van der Waals surface area contributed by atoms with Crippen molar-refractivity contribution >= 4 is 0 Å². The second-order valence-corrected chi connectivity index (χ2v) is 8.26. The second kappa shape index (κ2) is 11.0. The fraction of sp³-hybridized carbons (Fsp3) is 0.440. The first-order valence-corrected chi connectivity index (χ1v) is 11.0. The summed E-state index contributed by atoms with van der Waals surface area (Å²) in [6, 6.07) is 6.81. The first-order chi connectivity index (χ1) is 15.7. The van der Waals surface area contributed by atoms with Crippen molar-refractivity contribution in [2.45, 2.75) is 58.2 Å². The summed E-state index contributed by atoms with van der Waals surface area (Å²) in [6.45, 7) is -1.22. The van der Waals surface area contributed by atoms with E-state index in [1.165, 1.54) is 36.8 Å². The van der Waals surface area contributed by atoms with Crippen molar-refractivity contribution in [2.75, 3.05) is 0 Å². The Labute approximate surface area is 189 Å². The Bertz CT molecular complexity index is 911. The fourth-order valence-corrected chi connectivity index (χ4v) is 4.16. The summed E-state index contributed by atoms with van der Waals surface area (Å²) in [5, 5.41) is 0. The number of allylic oxidation sites excluding steroid dienone is 1. The zero-order chi connectivity index (χ0) is 24.0. The van der Waals surface area contributed by atoms with Crippen LogP contribution < -0.4 is 9.47 Å². The molecule has 0 aromatic heterocycles. The van der Waals surface area contributed by atoms with Crippen LogP contribution in [-0.2, 0) is 0 Å². The first kappa shape index (κ1) is 25.0. The molecule has 180 valence electrons. The number of ether oxygens (including phenoxy) is 2. The van der Waals surface area contributed by atoms with Crippen LogP contribution in [0.1, 0.15) is 45.4 Å². The largest absolute Gasteiger partial charge is 0.429 e. The molecular weight excluding hydrogens is 446 g/mol. The maximum atomic E-state index is 14.3. The average molecular weight is 472 g/mol. The fourth-order valence-electron chi connectivity index (χ4n) is 4.16. The van der Waals surface area contributed by atoms with Gasteiger partial charge in [0.05, 0.1) is 0 Å². The Hall–Kier alpha value is -2.64. The highest BCUT2D eigenvalue weighted by atomic mass is 19.3. The van der Waals surface area contributed by atoms with Gasteiger partial charge >= 0.3 is 12.7 Å². The van der Waals surface area contributed by atoms with E-state index < -0.39 is 30.1 Å². The van der Waals surface area contributed by atoms with Crippen LogP contribution >= 0.6 is 0 Å². The maximum Gasteiger partial charge on any atom is 0.419 e. The Kier molecular flexibility index (Phi) is 8.32. The molecule has 0 saturated heterocycles. The second-order valence-electron chi connectivity index (χ2n) is 8.26. The minimum absolute atomic E-state index is 0.0310. The number of benzene rings is 2. The SMILES string of the molecule is CCCC1CCC(C=CC(F)(F)Oc2ccc(-c3cc(F)c(OC(F)F)c(F)c3)cc2)CC1. The molecule has 1 aliphatic rings. The van der Waals surface area contributed by atoms with Crippen LogP contribution in [0.5, 0.6) is 11.5 Å². The van der Waals surface area contributed by atoms with Crippen molar-refractivity contribution in [2.24, 2.45) is 11.8 Å². The quantitative estimate of drug-likeness (QED) is 0.270. The van der Waals surface area contributed by atoms with E-state index in [1.807, 2.05) is 0 Å². The minimum Gasteiger partial charge on any atom is -0.429 e. The molecule has 2 aromatic carbocycles. The van der Waals surface area contributed by atoms with Crippen LogP contribution in [0.2, 0.25) is 0 Å². The van der Waals surface area contributed by atoms with Crippen molar-refractivity contribution in [3.05, 3.63) is 60.2 Å². The average Bonchev–Trinajstić information content (AvgIpc) is 2.76. The van der Waals surface area contributed by atoms with Crippen LogP contribution in [0.25, 0.3) is 11.1 Å². The van der Waals surface area contributed by atoms with E-state index >= 15 is 0 Å². The topological polar surface area (TPSA) is 18.5 Å². The van der Waals surface area contributed by atoms with Gasteiger partial charge in [-0.2, -0.15) is 17.6 Å². The van der Waals surface area contributed by atoms with Gasteiger partial charge in [0.15, 0.2) is 17.4 Å². The third-order valence-corrected chi connectivity index (χ3v) is 5.80. The van der Waals surface area contributed by atoms with Gasteiger partial charge in [0.2, 0.25) is 0 Å². The van der Waals surface area contributed by atoms with Crippen LogP contribution in [0.3, 0.4) is 0 Å². The van der Waals surface area contributed by atoms with Crippen molar-refractivity contribution in [3.63, 3.8) is 0 Å². The number of alkyl halides is 4. The van der Waals surface area contributed by atoms with Crippen molar-refractivity contribution in [1.82, 2.24) is 0 Å². The molecule has 0 heterocycles. The molecule has 33 heavy (non-hydrogen) atoms. The summed E-state index contributed by atoms with van der Waals surface area (Å²) in [4.78, 5) is 0. The van der Waals surface area contributed by atoms with E-state index in [0.717, 1.165) is 50.3 Å². The summed E-state index contributed by atoms with van der Waals surface area (Å²) in [6.07, 6.45) is 4.98. The lowest BCUT2D eigenvalue weighted by Gasteiger charge is -2.26. The molecule has 0 atom stereocenters. The summed E-state index contributed by atoms with van der Waals surface area (Å²) >= 11 is 0. The Morgan fingerprint density at radius 3 is 2.12 bits per heavy atom. The zero-order valence-electron chi connectivity index (χ0n) is 18.2. The highest BCUT2D eigenvalue weighted by Gasteiger charge is 2.29. The molecule has 0 unspecified atom stereocenters. The monoisotopic (exact) mass is 472 g/mol. The standard InChI is InChI=1S/C25H26F6O2/c1-2-3-16-4-6-17(7-5-16)12-13-25(30,31)33-20-10-8-18(9-11-20)19-14-21(26)23(22(27)15-19)32-24(28)29/h8-17,24H,2-7H2,1H3. The lowest BCUT2D eigenvalue weighted by Crippen LogP contribution is -2.22. The normalized spacial score (nSPS) is 19.3. The molecule has 2 aromatic rings. The third-order valence-electron chi connectivity index (χ3n) is 5.80. The molecule has 0 aliphatic heterocycles. The van der Waals surface area contributed by atoms with E-state index in [9.17, 15) is 26.3 Å². The van der Waals surface area contributed by atoms with Crippen LogP contribution in [0.15, 0.2) is 48.6 Å². The molecule has 0 bridgehead atoms. The summed E-state index contributed by atoms with van der Waals surface area (Å²) in [5.41, 5.74) is 0.315. The summed E-state index contributed by atoms with van der Waals surface area (Å²) in [7, 11) is 0. The zero-order valence-corrected chi connectivity index (χ0v) is 18.2. The summed E-state index contributed by atoms with van der Waals surface area (Å²) < 4.78 is 89.5. The molecule has 1 fully saturated rings. The Morgan fingerprint density at radius 1 is 0.970 bits per heavy atom. The van der Waals surface area contributed by atoms with Gasteiger partial charge in [-0.3, -0.25) is 0 Å². The van der Waals surface area contributed by atoms with Crippen LogP contribution in [0.4, 0.5) is 26.3 Å². The number of halogens is 6. The van der Waals surface area contributed by atoms with Gasteiger partial charge in [-0.1, -0.05) is 38.0 Å². The van der Waals surface area contributed by atoms with Gasteiger partial charge in [0.25, 0.3) is 0 Å². The molecular formula is C25H26F6O2. The van der Waals surface area contributed by atoms with Crippen molar-refractivity contribution in [1.29, 1.82) is 0 Å². The molecule has 8 heteroatoms. The van der Waals surface area contributed by atoms with E-state index in [1.54, 1.807) is 0 Å². The van der Waals surface area contributed by atoms with Crippen LogP contribution in [-0.4, -0.2) is 12.7 Å². The Balaban J connectivity index is 1.62. The lowest BCUT2D eigenvalue weighted by molar-refractivity contribution is -0.132. The van der Waals surface area contributed by atoms with Crippen molar-refractivity contribution in [3.8, 4) is 22.6 Å². The number of hydrogen-bond donors (Lipinski definition) is 0. The van der Waals surface area contributed by atoms with Crippen LogP contribution in [0, 0.1) is 23.5 Å². The lowest BCUT2D eigenvalue weighted by atomic mass is 9.80. The molecule has 0 N–H and O–H groups in total. The Morgan fingerprint density at radius 2 is 1.58 bits per heavy atom. The number of hydrogen-bond acceptors (Lipinski definition) is 2. The molecule has 0 amide bonds. The van der Waals surface area contributed by atoms with Gasteiger partial charge in [0.1, 0.15) is 5.75 Å². The molecule has 1 aliphatic carbocycles. The van der Waals surface area contributed by atoms with Gasteiger partial charge in [-0.25, -0.2) is 8.78 Å². The minimum atomic E-state index is -3.51. The highest BCUT2D eigenvalue weighted by molar-refractivity contribution is 5.65. The van der Waals surface area contributed by atoms with E-state index in [0.29, 0.717) is 5.92 Å². The molecule has 0 radical (unpaired) electrons.